The maximum Gasteiger partial charge on any atom is 0.119 e. The first kappa shape index (κ1) is 17.2. The molecule has 2 aromatic rings. The molecule has 0 spiro atoms. The van der Waals surface area contributed by atoms with E-state index < -0.39 is 0 Å². The third-order valence-corrected chi connectivity index (χ3v) is 4.49. The normalized spacial score (nSPS) is 18.8. The lowest BCUT2D eigenvalue weighted by Gasteiger charge is -2.33. The lowest BCUT2D eigenvalue weighted by Crippen LogP contribution is -2.40. The molecule has 4 nitrogen and oxygen atoms in total. The Morgan fingerprint density at radius 2 is 1.96 bits per heavy atom. The molecule has 2 aromatic carbocycles. The predicted octanol–water partition coefficient (Wildman–Crippen LogP) is 3.65. The van der Waals surface area contributed by atoms with E-state index in [1.54, 1.807) is 7.11 Å². The molecule has 0 aliphatic carbocycles. The monoisotopic (exact) mass is 329 g/mol. The van der Waals surface area contributed by atoms with Crippen molar-refractivity contribution in [3.05, 3.63) is 42.0 Å². The minimum absolute atomic E-state index is 0.136. The van der Waals surface area contributed by atoms with E-state index in [1.807, 2.05) is 6.07 Å². The van der Waals surface area contributed by atoms with Gasteiger partial charge in [-0.05, 0) is 41.0 Å². The summed E-state index contributed by atoms with van der Waals surface area (Å²) in [4.78, 5) is 2.43. The average Bonchev–Trinajstić information content (AvgIpc) is 2.64. The van der Waals surface area contributed by atoms with Crippen molar-refractivity contribution >= 4 is 10.8 Å². The molecule has 24 heavy (non-hydrogen) atoms. The number of nitrogens with zero attached hydrogens (tertiary/aromatic N) is 1. The van der Waals surface area contributed by atoms with Gasteiger partial charge in [0.25, 0.3) is 0 Å². The van der Waals surface area contributed by atoms with Crippen molar-refractivity contribution in [1.82, 2.24) is 4.90 Å². The van der Waals surface area contributed by atoms with Gasteiger partial charge in [0.1, 0.15) is 5.75 Å². The van der Waals surface area contributed by atoms with E-state index in [4.69, 9.17) is 14.2 Å². The molecule has 1 fully saturated rings. The third-order valence-electron chi connectivity index (χ3n) is 4.49. The summed E-state index contributed by atoms with van der Waals surface area (Å²) in [6.07, 6.45) is 1.21. The summed E-state index contributed by atoms with van der Waals surface area (Å²) in [5, 5.41) is 2.42. The highest BCUT2D eigenvalue weighted by molar-refractivity contribution is 5.84. The van der Waals surface area contributed by atoms with Crippen LogP contribution in [-0.4, -0.2) is 51.5 Å². The second kappa shape index (κ2) is 8.47. The highest BCUT2D eigenvalue weighted by Crippen LogP contribution is 2.27. The Bertz CT molecular complexity index is 658. The number of fused-ring (bicyclic) bond motifs is 1. The minimum atomic E-state index is 0.136. The molecule has 1 aliphatic heterocycles. The first-order valence-electron chi connectivity index (χ1n) is 8.79. The Morgan fingerprint density at radius 3 is 2.79 bits per heavy atom. The molecule has 0 radical (unpaired) electrons. The van der Waals surface area contributed by atoms with Gasteiger partial charge >= 0.3 is 0 Å². The Morgan fingerprint density at radius 1 is 1.12 bits per heavy atom. The summed E-state index contributed by atoms with van der Waals surface area (Å²) in [6, 6.07) is 12.7. The molecule has 1 saturated heterocycles. The van der Waals surface area contributed by atoms with E-state index in [0.29, 0.717) is 0 Å². The van der Waals surface area contributed by atoms with Gasteiger partial charge in [-0.2, -0.15) is 0 Å². The van der Waals surface area contributed by atoms with Gasteiger partial charge in [0.05, 0.1) is 26.4 Å². The molecule has 130 valence electrons. The van der Waals surface area contributed by atoms with Gasteiger partial charge in [-0.1, -0.05) is 25.1 Å². The van der Waals surface area contributed by atoms with E-state index in [0.717, 1.165) is 51.6 Å². The van der Waals surface area contributed by atoms with Crippen LogP contribution in [0.15, 0.2) is 36.4 Å². The molecule has 3 rings (SSSR count). The van der Waals surface area contributed by atoms with E-state index in [2.05, 4.69) is 42.2 Å². The summed E-state index contributed by atoms with van der Waals surface area (Å²) in [5.74, 6) is 0.891. The molecule has 0 bridgehead atoms. The van der Waals surface area contributed by atoms with Crippen LogP contribution in [0.4, 0.5) is 0 Å². The zero-order valence-corrected chi connectivity index (χ0v) is 14.7. The lowest BCUT2D eigenvalue weighted by atomic mass is 10.0. The third kappa shape index (κ3) is 4.26. The summed E-state index contributed by atoms with van der Waals surface area (Å²) in [6.45, 7) is 7.46. The predicted molar refractivity (Wildman–Crippen MR) is 96.7 cm³/mol. The molecule has 0 N–H and O–H groups in total. The zero-order chi connectivity index (χ0) is 16.8. The van der Waals surface area contributed by atoms with Crippen LogP contribution in [0.2, 0.25) is 0 Å². The fourth-order valence-corrected chi connectivity index (χ4v) is 3.12. The van der Waals surface area contributed by atoms with Crippen LogP contribution in [-0.2, 0) is 9.47 Å². The maximum atomic E-state index is 6.01. The van der Waals surface area contributed by atoms with Crippen molar-refractivity contribution < 1.29 is 14.2 Å². The van der Waals surface area contributed by atoms with Crippen LogP contribution in [0.5, 0.6) is 5.75 Å². The first-order chi connectivity index (χ1) is 11.8. The Balaban J connectivity index is 1.65. The van der Waals surface area contributed by atoms with Crippen molar-refractivity contribution in [3.8, 4) is 5.75 Å². The lowest BCUT2D eigenvalue weighted by molar-refractivity contribution is -0.0376. The molecule has 0 saturated carbocycles. The zero-order valence-electron chi connectivity index (χ0n) is 14.7. The Labute approximate surface area is 144 Å². The molecule has 1 heterocycles. The number of methoxy groups -OCH3 is 1. The second-order valence-corrected chi connectivity index (χ2v) is 6.24. The van der Waals surface area contributed by atoms with Gasteiger partial charge in [-0.3, -0.25) is 4.90 Å². The fraction of sp³-hybridized carbons (Fsp3) is 0.500. The van der Waals surface area contributed by atoms with Gasteiger partial charge in [0, 0.05) is 26.2 Å². The smallest absolute Gasteiger partial charge is 0.119 e. The van der Waals surface area contributed by atoms with Crippen molar-refractivity contribution in [3.63, 3.8) is 0 Å². The van der Waals surface area contributed by atoms with Crippen molar-refractivity contribution in [2.45, 2.75) is 19.4 Å². The SMILES string of the molecule is CCCOCCN1CCO[C@H](c2ccc3cc(OC)ccc3c2)C1. The molecular weight excluding hydrogens is 302 g/mol. The quantitative estimate of drug-likeness (QED) is 0.726. The van der Waals surface area contributed by atoms with Gasteiger partial charge in [-0.15, -0.1) is 0 Å². The van der Waals surface area contributed by atoms with Crippen LogP contribution in [0.25, 0.3) is 10.8 Å². The van der Waals surface area contributed by atoms with Gasteiger partial charge < -0.3 is 14.2 Å². The molecule has 0 unspecified atom stereocenters. The summed E-state index contributed by atoms with van der Waals surface area (Å²) in [7, 11) is 1.70. The summed E-state index contributed by atoms with van der Waals surface area (Å²) in [5.41, 5.74) is 1.24. The van der Waals surface area contributed by atoms with Crippen LogP contribution < -0.4 is 4.74 Å². The number of benzene rings is 2. The Kier molecular flexibility index (Phi) is 6.07. The van der Waals surface area contributed by atoms with E-state index in [-0.39, 0.29) is 6.10 Å². The van der Waals surface area contributed by atoms with Crippen LogP contribution in [0, 0.1) is 0 Å². The van der Waals surface area contributed by atoms with E-state index in [1.165, 1.54) is 16.3 Å². The topological polar surface area (TPSA) is 30.9 Å². The summed E-state index contributed by atoms with van der Waals surface area (Å²) < 4.78 is 16.9. The highest BCUT2D eigenvalue weighted by Gasteiger charge is 2.21. The molecular formula is C20H27NO3. The fourth-order valence-electron chi connectivity index (χ4n) is 3.12. The molecule has 1 atom stereocenters. The molecule has 0 amide bonds. The Hall–Kier alpha value is -1.62. The van der Waals surface area contributed by atoms with Gasteiger partial charge in [0.15, 0.2) is 0 Å². The second-order valence-electron chi connectivity index (χ2n) is 6.24. The number of hydrogen-bond donors (Lipinski definition) is 0. The largest absolute Gasteiger partial charge is 0.497 e. The van der Waals surface area contributed by atoms with Crippen LogP contribution in [0.1, 0.15) is 25.0 Å². The maximum absolute atomic E-state index is 6.01. The van der Waals surface area contributed by atoms with E-state index >= 15 is 0 Å². The summed E-state index contributed by atoms with van der Waals surface area (Å²) >= 11 is 0. The number of hydrogen-bond acceptors (Lipinski definition) is 4. The van der Waals surface area contributed by atoms with Crippen LogP contribution >= 0.6 is 0 Å². The first-order valence-corrected chi connectivity index (χ1v) is 8.79. The van der Waals surface area contributed by atoms with Crippen molar-refractivity contribution in [2.75, 3.05) is 46.6 Å². The number of ether oxygens (including phenoxy) is 3. The highest BCUT2D eigenvalue weighted by atomic mass is 16.5. The average molecular weight is 329 g/mol. The van der Waals surface area contributed by atoms with E-state index in [9.17, 15) is 0 Å². The van der Waals surface area contributed by atoms with Gasteiger partial charge in [-0.25, -0.2) is 0 Å². The number of morpholine rings is 1. The van der Waals surface area contributed by atoms with Gasteiger partial charge in [0.2, 0.25) is 0 Å². The minimum Gasteiger partial charge on any atom is -0.497 e. The molecule has 1 aliphatic rings. The number of rotatable bonds is 7. The van der Waals surface area contributed by atoms with Crippen LogP contribution in [0.3, 0.4) is 0 Å². The van der Waals surface area contributed by atoms with Crippen molar-refractivity contribution in [2.24, 2.45) is 0 Å². The molecule has 0 aromatic heterocycles. The van der Waals surface area contributed by atoms with Crippen molar-refractivity contribution in [1.29, 1.82) is 0 Å². The standard InChI is InChI=1S/C20H27NO3/c1-3-10-23-11-8-21-9-12-24-20(15-21)18-5-4-17-14-19(22-2)7-6-16(17)13-18/h4-7,13-14,20H,3,8-12,15H2,1-2H3/t20-/m0/s1. The molecule has 4 heteroatoms.